The highest BCUT2D eigenvalue weighted by Crippen LogP contribution is 2.02. The van der Waals surface area contributed by atoms with Gasteiger partial charge in [0.1, 0.15) is 0 Å². The molecule has 0 heterocycles. The van der Waals surface area contributed by atoms with E-state index < -0.39 is 0 Å². The second kappa shape index (κ2) is 4.72. The van der Waals surface area contributed by atoms with E-state index in [1.54, 1.807) is 13.1 Å². The van der Waals surface area contributed by atoms with Crippen molar-refractivity contribution in [3.05, 3.63) is 24.9 Å². The second-order valence-electron chi connectivity index (χ2n) is 2.21. The summed E-state index contributed by atoms with van der Waals surface area (Å²) in [4.78, 5) is 6.07. The molecule has 0 saturated heterocycles. The SMILES string of the molecule is C=CC(=C)N(CC)C(C)=NC. The van der Waals surface area contributed by atoms with Crippen molar-refractivity contribution in [2.24, 2.45) is 4.99 Å². The molecule has 62 valence electrons. The van der Waals surface area contributed by atoms with Crippen LogP contribution in [0, 0.1) is 0 Å². The zero-order valence-electron chi connectivity index (χ0n) is 7.59. The van der Waals surface area contributed by atoms with Crippen molar-refractivity contribution in [2.75, 3.05) is 13.6 Å². The Balaban J connectivity index is 4.40. The maximum atomic E-state index is 4.06. The van der Waals surface area contributed by atoms with Gasteiger partial charge in [0.25, 0.3) is 0 Å². The van der Waals surface area contributed by atoms with Gasteiger partial charge in [0.05, 0.1) is 5.84 Å². The van der Waals surface area contributed by atoms with Crippen molar-refractivity contribution >= 4 is 5.84 Å². The van der Waals surface area contributed by atoms with Gasteiger partial charge in [-0.05, 0) is 19.9 Å². The van der Waals surface area contributed by atoms with Crippen LogP contribution >= 0.6 is 0 Å². The van der Waals surface area contributed by atoms with Crippen molar-refractivity contribution in [1.29, 1.82) is 0 Å². The fraction of sp³-hybridized carbons (Fsp3) is 0.444. The summed E-state index contributed by atoms with van der Waals surface area (Å²) in [5, 5.41) is 0. The van der Waals surface area contributed by atoms with Gasteiger partial charge < -0.3 is 4.90 Å². The maximum absolute atomic E-state index is 4.06. The number of aliphatic imine (C=N–C) groups is 1. The lowest BCUT2D eigenvalue weighted by Crippen LogP contribution is -2.26. The standard InChI is InChI=1S/C9H16N2/c1-6-8(3)11(7-2)9(4)10-5/h6H,1,3,7H2,2,4-5H3. The van der Waals surface area contributed by atoms with Crippen molar-refractivity contribution in [3.8, 4) is 0 Å². The first-order valence-corrected chi connectivity index (χ1v) is 3.69. The van der Waals surface area contributed by atoms with Gasteiger partial charge in [-0.2, -0.15) is 0 Å². The van der Waals surface area contributed by atoms with Crippen LogP contribution in [0.2, 0.25) is 0 Å². The van der Waals surface area contributed by atoms with E-state index >= 15 is 0 Å². The van der Waals surface area contributed by atoms with Gasteiger partial charge in [0, 0.05) is 19.3 Å². The topological polar surface area (TPSA) is 15.6 Å². The van der Waals surface area contributed by atoms with Crippen molar-refractivity contribution in [2.45, 2.75) is 13.8 Å². The highest BCUT2D eigenvalue weighted by molar-refractivity contribution is 5.81. The van der Waals surface area contributed by atoms with E-state index in [0.29, 0.717) is 0 Å². The zero-order chi connectivity index (χ0) is 8.85. The first-order valence-electron chi connectivity index (χ1n) is 3.69. The highest BCUT2D eigenvalue weighted by atomic mass is 15.2. The minimum atomic E-state index is 0.883. The van der Waals surface area contributed by atoms with Crippen molar-refractivity contribution < 1.29 is 0 Å². The molecule has 0 unspecified atom stereocenters. The predicted molar refractivity (Wildman–Crippen MR) is 50.8 cm³/mol. The lowest BCUT2D eigenvalue weighted by Gasteiger charge is -2.21. The Morgan fingerprint density at radius 3 is 2.45 bits per heavy atom. The molecule has 0 radical (unpaired) electrons. The van der Waals surface area contributed by atoms with Crippen LogP contribution in [0.15, 0.2) is 29.9 Å². The molecular weight excluding hydrogens is 136 g/mol. The smallest absolute Gasteiger partial charge is 0.0998 e. The van der Waals surface area contributed by atoms with E-state index in [0.717, 1.165) is 18.1 Å². The van der Waals surface area contributed by atoms with Gasteiger partial charge in [-0.25, -0.2) is 0 Å². The lowest BCUT2D eigenvalue weighted by molar-refractivity contribution is 0.556. The summed E-state index contributed by atoms with van der Waals surface area (Å²) in [6, 6.07) is 0. The summed E-state index contributed by atoms with van der Waals surface area (Å²) >= 11 is 0. The van der Waals surface area contributed by atoms with Gasteiger partial charge in [0.2, 0.25) is 0 Å². The number of rotatable bonds is 3. The van der Waals surface area contributed by atoms with Gasteiger partial charge in [0.15, 0.2) is 0 Å². The molecular formula is C9H16N2. The van der Waals surface area contributed by atoms with E-state index in [9.17, 15) is 0 Å². The molecule has 0 aromatic rings. The van der Waals surface area contributed by atoms with Crippen LogP contribution in [-0.4, -0.2) is 24.3 Å². The minimum Gasteiger partial charge on any atom is -0.331 e. The molecule has 11 heavy (non-hydrogen) atoms. The molecule has 2 nitrogen and oxygen atoms in total. The van der Waals surface area contributed by atoms with Gasteiger partial charge in [-0.3, -0.25) is 4.99 Å². The molecule has 0 rings (SSSR count). The summed E-state index contributed by atoms with van der Waals surface area (Å²) in [5.41, 5.74) is 0.899. The minimum absolute atomic E-state index is 0.883. The normalized spacial score (nSPS) is 11.0. The molecule has 0 saturated carbocycles. The summed E-state index contributed by atoms with van der Waals surface area (Å²) < 4.78 is 0. The Hall–Kier alpha value is -1.05. The monoisotopic (exact) mass is 152 g/mol. The third-order valence-electron chi connectivity index (χ3n) is 1.61. The number of hydrogen-bond donors (Lipinski definition) is 0. The zero-order valence-corrected chi connectivity index (χ0v) is 7.59. The van der Waals surface area contributed by atoms with Crippen LogP contribution in [0.1, 0.15) is 13.8 Å². The Labute approximate surface area is 68.9 Å². The number of nitrogens with zero attached hydrogens (tertiary/aromatic N) is 2. The van der Waals surface area contributed by atoms with E-state index in [1.165, 1.54) is 0 Å². The molecule has 0 bridgehead atoms. The third kappa shape index (κ3) is 2.58. The fourth-order valence-electron chi connectivity index (χ4n) is 0.871. The van der Waals surface area contributed by atoms with Crippen LogP contribution in [0.25, 0.3) is 0 Å². The Kier molecular flexibility index (Phi) is 4.27. The molecule has 2 heteroatoms. The number of allylic oxidation sites excluding steroid dienone is 1. The van der Waals surface area contributed by atoms with Gasteiger partial charge >= 0.3 is 0 Å². The molecule has 0 aliphatic rings. The number of amidine groups is 1. The lowest BCUT2D eigenvalue weighted by atomic mass is 10.4. The van der Waals surface area contributed by atoms with Crippen molar-refractivity contribution in [3.63, 3.8) is 0 Å². The summed E-state index contributed by atoms with van der Waals surface area (Å²) in [6.07, 6.45) is 1.73. The first-order chi connectivity index (χ1) is 5.17. The summed E-state index contributed by atoms with van der Waals surface area (Å²) in [5.74, 6) is 0.970. The van der Waals surface area contributed by atoms with Crippen molar-refractivity contribution in [1.82, 2.24) is 4.90 Å². The van der Waals surface area contributed by atoms with Crippen LogP contribution in [-0.2, 0) is 0 Å². The van der Waals surface area contributed by atoms with E-state index in [-0.39, 0.29) is 0 Å². The highest BCUT2D eigenvalue weighted by Gasteiger charge is 2.03. The van der Waals surface area contributed by atoms with Crippen LogP contribution in [0.5, 0.6) is 0 Å². The quantitative estimate of drug-likeness (QED) is 0.343. The second-order valence-corrected chi connectivity index (χ2v) is 2.21. The molecule has 0 aromatic carbocycles. The average Bonchev–Trinajstić information content (AvgIpc) is 2.05. The maximum Gasteiger partial charge on any atom is 0.0998 e. The Morgan fingerprint density at radius 2 is 2.18 bits per heavy atom. The summed E-state index contributed by atoms with van der Waals surface area (Å²) in [6.45, 7) is 12.4. The summed E-state index contributed by atoms with van der Waals surface area (Å²) in [7, 11) is 1.77. The van der Waals surface area contributed by atoms with E-state index in [4.69, 9.17) is 0 Å². The molecule has 0 aromatic heterocycles. The van der Waals surface area contributed by atoms with Crippen LogP contribution in [0.3, 0.4) is 0 Å². The fourth-order valence-corrected chi connectivity index (χ4v) is 0.871. The predicted octanol–water partition coefficient (Wildman–Crippen LogP) is 2.06. The molecule has 0 fully saturated rings. The van der Waals surface area contributed by atoms with Crippen LogP contribution in [0.4, 0.5) is 0 Å². The largest absolute Gasteiger partial charge is 0.331 e. The first kappa shape index (κ1) is 9.95. The average molecular weight is 152 g/mol. The molecule has 0 aliphatic carbocycles. The van der Waals surface area contributed by atoms with E-state index in [1.807, 2.05) is 11.8 Å². The number of likely N-dealkylation sites (N-methyl/N-ethyl adjacent to an activating group) is 1. The Morgan fingerprint density at radius 1 is 1.64 bits per heavy atom. The van der Waals surface area contributed by atoms with E-state index in [2.05, 4.69) is 25.1 Å². The molecule has 0 atom stereocenters. The van der Waals surface area contributed by atoms with Crippen LogP contribution < -0.4 is 0 Å². The van der Waals surface area contributed by atoms with Gasteiger partial charge in [-0.15, -0.1) is 0 Å². The molecule has 0 spiro atoms. The molecule has 0 N–H and O–H groups in total. The number of hydrogen-bond acceptors (Lipinski definition) is 1. The molecule has 0 amide bonds. The molecule has 0 aliphatic heterocycles. The van der Waals surface area contributed by atoms with Gasteiger partial charge in [-0.1, -0.05) is 13.2 Å². The third-order valence-corrected chi connectivity index (χ3v) is 1.61. The Bertz CT molecular complexity index is 178.